The lowest BCUT2D eigenvalue weighted by Gasteiger charge is -2.36. The van der Waals surface area contributed by atoms with E-state index in [0.717, 1.165) is 44.5 Å². The molecule has 0 aromatic heterocycles. The zero-order valence-electron chi connectivity index (χ0n) is 23.0. The van der Waals surface area contributed by atoms with Crippen LogP contribution in [0.25, 0.3) is 0 Å². The highest BCUT2D eigenvalue weighted by Crippen LogP contribution is 2.30. The number of rotatable bonds is 8. The minimum Gasteiger partial charge on any atom is -0.490 e. The van der Waals surface area contributed by atoms with E-state index in [1.807, 2.05) is 13.8 Å². The lowest BCUT2D eigenvalue weighted by molar-refractivity contribution is -0.0172. The third kappa shape index (κ3) is 9.42. The Kier molecular flexibility index (Phi) is 10.6. The molecule has 1 aromatic carbocycles. The number of nitrogens with zero attached hydrogens (tertiary/aromatic N) is 2. The number of hydrogen-bond donors (Lipinski definition) is 2. The van der Waals surface area contributed by atoms with Crippen molar-refractivity contribution in [1.82, 2.24) is 9.80 Å². The number of carbonyl (C=O) groups is 1. The molecule has 37 heavy (non-hydrogen) atoms. The Hall–Kier alpha value is -1.88. The second kappa shape index (κ2) is 13.3. The lowest BCUT2D eigenvalue weighted by atomic mass is 10.0. The summed E-state index contributed by atoms with van der Waals surface area (Å²) < 4.78 is 38.7. The lowest BCUT2D eigenvalue weighted by Crippen LogP contribution is -2.47. The first-order chi connectivity index (χ1) is 17.5. The summed E-state index contributed by atoms with van der Waals surface area (Å²) in [5, 5.41) is 10.0. The van der Waals surface area contributed by atoms with Crippen LogP contribution >= 0.6 is 0 Å². The van der Waals surface area contributed by atoms with Crippen LogP contribution in [0.4, 0.5) is 5.69 Å². The average Bonchev–Trinajstić information content (AvgIpc) is 3.63. The van der Waals surface area contributed by atoms with Crippen molar-refractivity contribution in [2.75, 3.05) is 50.9 Å². The fraction of sp³-hybridized carbons (Fsp3) is 0.741. The fourth-order valence-electron chi connectivity index (χ4n) is 4.79. The molecule has 4 atom stereocenters. The summed E-state index contributed by atoms with van der Waals surface area (Å²) in [7, 11) is -1.39. The van der Waals surface area contributed by atoms with Gasteiger partial charge in [-0.15, -0.1) is 0 Å². The molecular weight excluding hydrogens is 494 g/mol. The van der Waals surface area contributed by atoms with Crippen LogP contribution in [0.5, 0.6) is 5.75 Å². The minimum absolute atomic E-state index is 0.0168. The van der Waals surface area contributed by atoms with Crippen LogP contribution in [-0.4, -0.2) is 93.6 Å². The molecule has 2 aliphatic rings. The number of ether oxygens (including phenoxy) is 2. The van der Waals surface area contributed by atoms with Crippen LogP contribution in [0.2, 0.25) is 0 Å². The Morgan fingerprint density at radius 1 is 1.19 bits per heavy atom. The van der Waals surface area contributed by atoms with Gasteiger partial charge in [0.2, 0.25) is 10.0 Å². The molecule has 10 heteroatoms. The number of anilines is 1. The van der Waals surface area contributed by atoms with Crippen LogP contribution in [0, 0.1) is 11.8 Å². The molecule has 9 nitrogen and oxygen atoms in total. The summed E-state index contributed by atoms with van der Waals surface area (Å²) in [6.45, 7) is 8.56. The van der Waals surface area contributed by atoms with Crippen molar-refractivity contribution in [2.45, 2.75) is 71.1 Å². The van der Waals surface area contributed by atoms with E-state index in [9.17, 15) is 18.3 Å². The van der Waals surface area contributed by atoms with E-state index < -0.39 is 16.1 Å². The number of aliphatic hydroxyl groups excluding tert-OH is 1. The summed E-state index contributed by atoms with van der Waals surface area (Å²) in [6, 6.07) is 4.33. The molecule has 0 spiro atoms. The summed E-state index contributed by atoms with van der Waals surface area (Å²) in [6.07, 6.45) is 6.12. The number of benzene rings is 1. The number of aliphatic hydroxyl groups is 1. The van der Waals surface area contributed by atoms with E-state index >= 15 is 0 Å². The molecule has 1 fully saturated rings. The molecule has 1 aromatic rings. The standard InChI is InChI=1S/C27H45N3O6S/c1-19-15-30(20(2)18-31)27(32)24-14-23(28-37(5,33)34)11-12-25(24)36-21(3)8-6-7-13-35-26(19)17-29(4)16-22-9-10-22/h11-12,14,19-22,26,28,31H,6-10,13,15-18H2,1-5H3/t19-,20+,21-,26+/m0/s1. The van der Waals surface area contributed by atoms with Gasteiger partial charge >= 0.3 is 0 Å². The normalized spacial score (nSPS) is 25.2. The Bertz CT molecular complexity index is 1000. The number of sulfonamides is 1. The predicted molar refractivity (Wildman–Crippen MR) is 146 cm³/mol. The second-order valence-corrected chi connectivity index (χ2v) is 12.8. The second-order valence-electron chi connectivity index (χ2n) is 11.0. The Labute approximate surface area is 222 Å². The highest BCUT2D eigenvalue weighted by Gasteiger charge is 2.31. The summed E-state index contributed by atoms with van der Waals surface area (Å²) in [5.41, 5.74) is 0.563. The number of nitrogens with one attached hydrogen (secondary N) is 1. The highest BCUT2D eigenvalue weighted by atomic mass is 32.2. The van der Waals surface area contributed by atoms with Gasteiger partial charge in [0.1, 0.15) is 5.75 Å². The Morgan fingerprint density at radius 3 is 2.57 bits per heavy atom. The van der Waals surface area contributed by atoms with Gasteiger partial charge in [-0.1, -0.05) is 6.92 Å². The van der Waals surface area contributed by atoms with Crippen LogP contribution in [0.3, 0.4) is 0 Å². The molecule has 1 heterocycles. The number of amides is 1. The maximum absolute atomic E-state index is 14.0. The van der Waals surface area contributed by atoms with Gasteiger partial charge in [0, 0.05) is 37.8 Å². The summed E-state index contributed by atoms with van der Waals surface area (Å²) in [5.74, 6) is 0.894. The number of hydrogen-bond acceptors (Lipinski definition) is 7. The van der Waals surface area contributed by atoms with Crippen LogP contribution in [-0.2, 0) is 14.8 Å². The molecule has 3 rings (SSSR count). The molecule has 0 radical (unpaired) electrons. The van der Waals surface area contributed by atoms with Gasteiger partial charge in [-0.3, -0.25) is 9.52 Å². The Balaban J connectivity index is 1.93. The molecular formula is C27H45N3O6S. The average molecular weight is 540 g/mol. The monoisotopic (exact) mass is 539 g/mol. The van der Waals surface area contributed by atoms with Gasteiger partial charge in [-0.2, -0.15) is 0 Å². The molecule has 1 aliphatic carbocycles. The van der Waals surface area contributed by atoms with Crippen LogP contribution < -0.4 is 9.46 Å². The fourth-order valence-corrected chi connectivity index (χ4v) is 5.34. The molecule has 1 amide bonds. The Morgan fingerprint density at radius 2 is 1.92 bits per heavy atom. The topological polar surface area (TPSA) is 108 Å². The van der Waals surface area contributed by atoms with Gasteiger partial charge in [0.15, 0.2) is 0 Å². The largest absolute Gasteiger partial charge is 0.490 e. The summed E-state index contributed by atoms with van der Waals surface area (Å²) in [4.78, 5) is 18.0. The third-order valence-electron chi connectivity index (χ3n) is 7.11. The smallest absolute Gasteiger partial charge is 0.258 e. The van der Waals surface area contributed by atoms with Crippen molar-refractivity contribution in [3.05, 3.63) is 23.8 Å². The van der Waals surface area contributed by atoms with E-state index in [1.165, 1.54) is 18.9 Å². The van der Waals surface area contributed by atoms with Gasteiger partial charge in [-0.25, -0.2) is 8.42 Å². The molecule has 0 unspecified atom stereocenters. The number of carbonyl (C=O) groups excluding carboxylic acids is 1. The van der Waals surface area contributed by atoms with E-state index in [-0.39, 0.29) is 36.2 Å². The van der Waals surface area contributed by atoms with Gasteiger partial charge in [0.05, 0.1) is 36.7 Å². The van der Waals surface area contributed by atoms with Crippen LogP contribution in [0.1, 0.15) is 63.2 Å². The first-order valence-electron chi connectivity index (χ1n) is 13.5. The minimum atomic E-state index is -3.52. The molecule has 2 N–H and O–H groups in total. The molecule has 0 saturated heterocycles. The van der Waals surface area contributed by atoms with E-state index in [0.29, 0.717) is 24.6 Å². The van der Waals surface area contributed by atoms with E-state index in [2.05, 4.69) is 23.6 Å². The van der Waals surface area contributed by atoms with Gasteiger partial charge in [0.25, 0.3) is 5.91 Å². The zero-order valence-corrected chi connectivity index (χ0v) is 23.8. The van der Waals surface area contributed by atoms with Crippen molar-refractivity contribution < 1.29 is 27.8 Å². The SMILES string of the molecule is C[C@H](CO)N1C[C@H](C)[C@@H](CN(C)CC2CC2)OCCCC[C@H](C)Oc2ccc(NS(C)(=O)=O)cc2C1=O. The quantitative estimate of drug-likeness (QED) is 0.522. The molecule has 1 aliphatic heterocycles. The van der Waals surface area contributed by atoms with Crippen molar-refractivity contribution in [2.24, 2.45) is 11.8 Å². The van der Waals surface area contributed by atoms with E-state index in [4.69, 9.17) is 9.47 Å². The van der Waals surface area contributed by atoms with Crippen LogP contribution in [0.15, 0.2) is 18.2 Å². The summed E-state index contributed by atoms with van der Waals surface area (Å²) >= 11 is 0. The van der Waals surface area contributed by atoms with Crippen molar-refractivity contribution in [3.8, 4) is 5.75 Å². The zero-order chi connectivity index (χ0) is 27.2. The van der Waals surface area contributed by atoms with Crippen molar-refractivity contribution in [1.29, 1.82) is 0 Å². The molecule has 1 saturated carbocycles. The highest BCUT2D eigenvalue weighted by molar-refractivity contribution is 7.92. The predicted octanol–water partition coefficient (Wildman–Crippen LogP) is 3.20. The number of fused-ring (bicyclic) bond motifs is 1. The van der Waals surface area contributed by atoms with Crippen molar-refractivity contribution in [3.63, 3.8) is 0 Å². The van der Waals surface area contributed by atoms with Crippen molar-refractivity contribution >= 4 is 21.6 Å². The third-order valence-corrected chi connectivity index (χ3v) is 7.72. The van der Waals surface area contributed by atoms with E-state index in [1.54, 1.807) is 17.0 Å². The number of likely N-dealkylation sites (N-methyl/N-ethyl adjacent to an activating group) is 1. The maximum Gasteiger partial charge on any atom is 0.258 e. The first-order valence-corrected chi connectivity index (χ1v) is 15.4. The first kappa shape index (κ1) is 29.7. The van der Waals surface area contributed by atoms with Gasteiger partial charge in [-0.05, 0) is 77.1 Å². The van der Waals surface area contributed by atoms with Gasteiger partial charge < -0.3 is 24.4 Å². The molecule has 210 valence electrons. The maximum atomic E-state index is 14.0. The molecule has 0 bridgehead atoms.